The molecule has 1 unspecified atom stereocenters. The molecule has 22 heavy (non-hydrogen) atoms. The normalized spacial score (nSPS) is 12.4. The van der Waals surface area contributed by atoms with Crippen molar-refractivity contribution in [1.82, 2.24) is 14.9 Å². The smallest absolute Gasteiger partial charge is 0.387 e. The lowest BCUT2D eigenvalue weighted by Gasteiger charge is -2.07. The molecule has 7 nitrogen and oxygen atoms in total. The predicted molar refractivity (Wildman–Crippen MR) is 76.8 cm³/mol. The number of hydrogen-bond acceptors (Lipinski definition) is 6. The number of nitrogen functional groups attached to an aromatic ring is 1. The van der Waals surface area contributed by atoms with Gasteiger partial charge in [-0.15, -0.1) is 10.2 Å². The molecule has 1 aromatic carbocycles. The molecule has 0 aliphatic heterocycles. The van der Waals surface area contributed by atoms with Crippen molar-refractivity contribution in [2.24, 2.45) is 5.73 Å². The quantitative estimate of drug-likeness (QED) is 0.609. The second kappa shape index (κ2) is 6.60. The molecule has 2 aromatic rings. The van der Waals surface area contributed by atoms with Crippen LogP contribution in [0.15, 0.2) is 29.4 Å². The van der Waals surface area contributed by atoms with Crippen LogP contribution in [0.3, 0.4) is 0 Å². The van der Waals surface area contributed by atoms with Crippen molar-refractivity contribution in [2.45, 2.75) is 23.9 Å². The van der Waals surface area contributed by atoms with Crippen LogP contribution in [0.25, 0.3) is 11.4 Å². The van der Waals surface area contributed by atoms with Gasteiger partial charge in [0.1, 0.15) is 5.75 Å². The number of nitrogens with two attached hydrogens (primary N) is 2. The number of primary amides is 1. The Morgan fingerprint density at radius 1 is 1.32 bits per heavy atom. The van der Waals surface area contributed by atoms with Crippen LogP contribution in [0.1, 0.15) is 6.92 Å². The minimum Gasteiger partial charge on any atom is -0.435 e. The number of carbonyl (C=O) groups is 1. The van der Waals surface area contributed by atoms with E-state index in [9.17, 15) is 13.6 Å². The Labute approximate surface area is 128 Å². The minimum absolute atomic E-state index is 0.0267. The summed E-state index contributed by atoms with van der Waals surface area (Å²) >= 11 is 1.07. The molecule has 0 saturated heterocycles. The highest BCUT2D eigenvalue weighted by Crippen LogP contribution is 2.26. The van der Waals surface area contributed by atoms with Gasteiger partial charge in [-0.1, -0.05) is 11.8 Å². The molecule has 1 heterocycles. The van der Waals surface area contributed by atoms with Gasteiger partial charge in [-0.2, -0.15) is 8.78 Å². The van der Waals surface area contributed by atoms with Gasteiger partial charge in [0.25, 0.3) is 0 Å². The summed E-state index contributed by atoms with van der Waals surface area (Å²) in [6.45, 7) is -1.26. The third kappa shape index (κ3) is 3.64. The molecule has 118 valence electrons. The van der Waals surface area contributed by atoms with Crippen molar-refractivity contribution in [3.8, 4) is 17.1 Å². The lowest BCUT2D eigenvalue weighted by molar-refractivity contribution is -0.117. The van der Waals surface area contributed by atoms with Crippen LogP contribution in [-0.4, -0.2) is 32.6 Å². The molecular weight excluding hydrogens is 316 g/mol. The maximum absolute atomic E-state index is 12.1. The van der Waals surface area contributed by atoms with E-state index in [1.54, 1.807) is 6.92 Å². The van der Waals surface area contributed by atoms with Crippen molar-refractivity contribution in [2.75, 3.05) is 5.84 Å². The third-order valence-corrected chi connectivity index (χ3v) is 3.76. The van der Waals surface area contributed by atoms with Gasteiger partial charge >= 0.3 is 6.61 Å². The van der Waals surface area contributed by atoms with Crippen LogP contribution in [0.4, 0.5) is 8.78 Å². The summed E-state index contributed by atoms with van der Waals surface area (Å²) in [6.07, 6.45) is 0. The van der Waals surface area contributed by atoms with E-state index in [4.69, 9.17) is 11.6 Å². The fourth-order valence-corrected chi connectivity index (χ4v) is 2.28. The Morgan fingerprint density at radius 2 is 1.95 bits per heavy atom. The first-order valence-electron chi connectivity index (χ1n) is 6.10. The number of benzene rings is 1. The number of ether oxygens (including phenoxy) is 1. The maximum atomic E-state index is 12.1. The molecule has 0 fully saturated rings. The molecule has 1 atom stereocenters. The van der Waals surface area contributed by atoms with E-state index in [2.05, 4.69) is 14.9 Å². The Morgan fingerprint density at radius 3 is 2.50 bits per heavy atom. The van der Waals surface area contributed by atoms with Gasteiger partial charge in [-0.3, -0.25) is 4.79 Å². The number of nitrogens with zero attached hydrogens (tertiary/aromatic N) is 3. The first-order chi connectivity index (χ1) is 10.4. The molecule has 4 N–H and O–H groups in total. The van der Waals surface area contributed by atoms with Gasteiger partial charge in [0.15, 0.2) is 5.82 Å². The van der Waals surface area contributed by atoms with Crippen molar-refractivity contribution >= 4 is 17.7 Å². The highest BCUT2D eigenvalue weighted by atomic mass is 32.2. The fourth-order valence-electron chi connectivity index (χ4n) is 1.56. The molecule has 0 radical (unpaired) electrons. The molecule has 0 bridgehead atoms. The van der Waals surface area contributed by atoms with Crippen LogP contribution in [-0.2, 0) is 4.79 Å². The van der Waals surface area contributed by atoms with E-state index >= 15 is 0 Å². The van der Waals surface area contributed by atoms with Crippen molar-refractivity contribution in [1.29, 1.82) is 0 Å². The number of hydrogen-bond donors (Lipinski definition) is 2. The van der Waals surface area contributed by atoms with E-state index in [-0.39, 0.29) is 5.75 Å². The molecule has 0 aliphatic rings. The predicted octanol–water partition coefficient (Wildman–Crippen LogP) is 1.23. The zero-order chi connectivity index (χ0) is 16.3. The Balaban J connectivity index is 2.19. The van der Waals surface area contributed by atoms with Crippen LogP contribution < -0.4 is 16.3 Å². The number of rotatable bonds is 6. The number of alkyl halides is 2. The highest BCUT2D eigenvalue weighted by Gasteiger charge is 2.18. The number of thioether (sulfide) groups is 1. The molecular formula is C12H13F2N5O2S. The second-order valence-corrected chi connectivity index (χ2v) is 5.55. The first kappa shape index (κ1) is 16.0. The van der Waals surface area contributed by atoms with Crippen LogP contribution >= 0.6 is 11.8 Å². The largest absolute Gasteiger partial charge is 0.435 e. The average molecular weight is 329 g/mol. The van der Waals surface area contributed by atoms with Gasteiger partial charge in [0.2, 0.25) is 11.1 Å². The summed E-state index contributed by atoms with van der Waals surface area (Å²) in [6, 6.07) is 5.79. The van der Waals surface area contributed by atoms with E-state index < -0.39 is 17.8 Å². The van der Waals surface area contributed by atoms with Gasteiger partial charge in [-0.25, -0.2) is 4.68 Å². The molecule has 1 amide bonds. The first-order valence-corrected chi connectivity index (χ1v) is 6.98. The molecule has 2 rings (SSSR count). The summed E-state index contributed by atoms with van der Waals surface area (Å²) in [5, 5.41) is 7.59. The van der Waals surface area contributed by atoms with Gasteiger partial charge in [0, 0.05) is 5.56 Å². The summed E-state index contributed by atoms with van der Waals surface area (Å²) < 4.78 is 29.6. The molecule has 0 spiro atoms. The van der Waals surface area contributed by atoms with Gasteiger partial charge in [0.05, 0.1) is 5.25 Å². The van der Waals surface area contributed by atoms with Crippen molar-refractivity contribution < 1.29 is 18.3 Å². The van der Waals surface area contributed by atoms with E-state index in [1.165, 1.54) is 28.9 Å². The van der Waals surface area contributed by atoms with Gasteiger partial charge < -0.3 is 16.3 Å². The number of halogens is 2. The van der Waals surface area contributed by atoms with Crippen LogP contribution in [0, 0.1) is 0 Å². The summed E-state index contributed by atoms with van der Waals surface area (Å²) in [5.74, 6) is 5.72. The monoisotopic (exact) mass is 329 g/mol. The van der Waals surface area contributed by atoms with Crippen LogP contribution in [0.2, 0.25) is 0 Å². The maximum Gasteiger partial charge on any atom is 0.387 e. The lowest BCUT2D eigenvalue weighted by atomic mass is 10.2. The highest BCUT2D eigenvalue weighted by molar-refractivity contribution is 8.00. The van der Waals surface area contributed by atoms with Crippen LogP contribution in [0.5, 0.6) is 5.75 Å². The average Bonchev–Trinajstić information content (AvgIpc) is 2.80. The Kier molecular flexibility index (Phi) is 4.81. The van der Waals surface area contributed by atoms with E-state index in [0.717, 1.165) is 11.8 Å². The minimum atomic E-state index is -2.89. The number of aromatic nitrogens is 3. The van der Waals surface area contributed by atoms with Crippen molar-refractivity contribution in [3.63, 3.8) is 0 Å². The summed E-state index contributed by atoms with van der Waals surface area (Å²) in [4.78, 5) is 11.0. The summed E-state index contributed by atoms with van der Waals surface area (Å²) in [7, 11) is 0. The SMILES string of the molecule is CC(Sc1nnc(-c2ccc(OC(F)F)cc2)n1N)C(N)=O. The lowest BCUT2D eigenvalue weighted by Crippen LogP contribution is -2.23. The van der Waals surface area contributed by atoms with Gasteiger partial charge in [-0.05, 0) is 31.2 Å². The fraction of sp³-hybridized carbons (Fsp3) is 0.250. The van der Waals surface area contributed by atoms with Crippen molar-refractivity contribution in [3.05, 3.63) is 24.3 Å². The number of amides is 1. The molecule has 0 saturated carbocycles. The summed E-state index contributed by atoms with van der Waals surface area (Å²) in [5.41, 5.74) is 5.74. The number of carbonyl (C=O) groups excluding carboxylic acids is 1. The zero-order valence-electron chi connectivity index (χ0n) is 11.4. The molecule has 0 aliphatic carbocycles. The second-order valence-electron chi connectivity index (χ2n) is 4.24. The van der Waals surface area contributed by atoms with E-state index in [1.807, 2.05) is 0 Å². The molecule has 1 aromatic heterocycles. The van der Waals surface area contributed by atoms with E-state index in [0.29, 0.717) is 16.5 Å². The standard InChI is InChI=1S/C12H13F2N5O2S/c1-6(9(15)20)22-12-18-17-10(19(12)16)7-2-4-8(5-3-7)21-11(13)14/h2-6,11H,16H2,1H3,(H2,15,20). The topological polar surface area (TPSA) is 109 Å². The Hall–Kier alpha value is -2.36. The Bertz CT molecular complexity index is 662. The zero-order valence-corrected chi connectivity index (χ0v) is 12.3. The molecule has 10 heteroatoms. The third-order valence-electron chi connectivity index (χ3n) is 2.69.